The minimum atomic E-state index is -0.927. The predicted octanol–water partition coefficient (Wildman–Crippen LogP) is 28.9. The number of nitrogens with two attached hydrogens (primary N) is 1. The number of benzene rings is 6. The first-order valence-electron chi connectivity index (χ1n) is 48.2. The monoisotopic (exact) mass is 1850 g/mol. The summed E-state index contributed by atoms with van der Waals surface area (Å²) in [6.45, 7) is 18.4. The Morgan fingerprint density at radius 1 is 0.417 bits per heavy atom. The van der Waals surface area contributed by atoms with Gasteiger partial charge in [0, 0.05) is 71.0 Å². The average molecular weight is 1850 g/mol. The molecule has 4 aromatic heterocycles. The van der Waals surface area contributed by atoms with Gasteiger partial charge >= 0.3 is 0 Å². The molecule has 0 radical (unpaired) electrons. The Hall–Kier alpha value is -11.0. The van der Waals surface area contributed by atoms with E-state index in [9.17, 15) is 36.0 Å². The molecule has 6 aliphatic carbocycles. The van der Waals surface area contributed by atoms with Gasteiger partial charge in [-0.25, -0.2) is 4.40 Å². The molecule has 0 fully saturated rings. The third-order valence-electron chi connectivity index (χ3n) is 27.6. The summed E-state index contributed by atoms with van der Waals surface area (Å²) in [5, 5.41) is 60.1. The number of thiophene rings is 4. The van der Waals surface area contributed by atoms with E-state index in [4.69, 9.17) is 22.6 Å². The molecular weight excluding hydrogens is 1730 g/mol. The van der Waals surface area contributed by atoms with Crippen molar-refractivity contribution in [3.8, 4) is 43.8 Å². The fourth-order valence-corrected chi connectivity index (χ4v) is 27.7. The number of thiol groups is 1. The number of carbonyl (C=O) groups excluding carboxylic acids is 2. The van der Waals surface area contributed by atoms with Crippen molar-refractivity contribution in [2.45, 2.75) is 259 Å². The highest BCUT2D eigenvalue weighted by Gasteiger charge is 2.56. The van der Waals surface area contributed by atoms with Crippen LogP contribution in [0.2, 0.25) is 0 Å². The molecule has 2 unspecified atom stereocenters. The molecule has 668 valence electrons. The van der Waals surface area contributed by atoms with Gasteiger partial charge in [-0.1, -0.05) is 312 Å². The first kappa shape index (κ1) is 94.2. The molecule has 132 heavy (non-hydrogen) atoms. The Bertz CT molecular complexity index is 6330. The van der Waals surface area contributed by atoms with Crippen molar-refractivity contribution in [3.63, 3.8) is 0 Å². The minimum absolute atomic E-state index is 0.155. The number of hydrogen-bond donors (Lipinski definition) is 3. The standard InChI is InChI=1S/C116H116N8O2S6/c1-9-15-21-27-37-73-51-71(7)53-83(57-73)115(85-59-75(39-29-23-17-11-3)55-76(60-85)40-30-24-18-12-4)95-65-97(91-49-47-79(105(123-127)103(91)121)63-93-99(81(67-117)68-118)87-43-33-35-45-89(87)107(93)125)129-109(95)111-101(115)113-114(131-111)102-112(132-113)110-96(66-98(130-110)92-50-48-80(106(124-128)104(92)122)64-94-100(82(69-119)70-120)88-44-34-36-46-90(88)108(94)126)116(102,84-54-72(8)52-74(58-84)38-28-22-16-10-2)86-61-77(41-31-25-19-13-5)56-78(62-86)42-32-26-20-14-6/h33-36,43-66,121-122,127-128H,9-32,37-42H2,1-8H3/p+2/b93-63-,94-64-,121-103?,122-104?,123-105?,124-106?. The summed E-state index contributed by atoms with van der Waals surface area (Å²) in [7, 11) is 0. The van der Waals surface area contributed by atoms with Gasteiger partial charge in [-0.05, 0) is 212 Å². The Morgan fingerprint density at radius 2 is 0.742 bits per heavy atom. The van der Waals surface area contributed by atoms with Crippen molar-refractivity contribution in [1.29, 1.82) is 26.5 Å². The molecule has 0 spiro atoms. The van der Waals surface area contributed by atoms with Gasteiger partial charge in [0.05, 0.1) is 63.8 Å². The maximum atomic E-state index is 14.6. The van der Waals surface area contributed by atoms with Crippen LogP contribution in [0, 0.1) is 64.6 Å². The summed E-state index contributed by atoms with van der Waals surface area (Å²) < 4.78 is 12.0. The number of allylic oxidation sites excluding steroid dienone is 16. The summed E-state index contributed by atoms with van der Waals surface area (Å²) in [5.74, 6) is -0.597. The minimum Gasteiger partial charge on any atom is -0.298 e. The lowest BCUT2D eigenvalue weighted by Crippen LogP contribution is -2.46. The molecule has 0 amide bonds. The second kappa shape index (κ2) is 42.0. The van der Waals surface area contributed by atoms with Crippen molar-refractivity contribution in [2.75, 3.05) is 0 Å². The lowest BCUT2D eigenvalue weighted by molar-refractivity contribution is -0.108. The molecule has 4 heterocycles. The van der Waals surface area contributed by atoms with Crippen molar-refractivity contribution >= 4 is 137 Å². The fraction of sp³-hybridized carbons (Fsp3) is 0.345. The topological polar surface area (TPSA) is 203 Å². The normalized spacial score (nSPS) is 17.6. The van der Waals surface area contributed by atoms with E-state index in [1.165, 1.54) is 156 Å². The quantitative estimate of drug-likeness (QED) is 0.00857. The van der Waals surface area contributed by atoms with E-state index < -0.39 is 10.8 Å². The first-order valence-corrected chi connectivity index (χ1v) is 52.3. The fourth-order valence-electron chi connectivity index (χ4n) is 21.3. The Labute approximate surface area is 807 Å². The zero-order chi connectivity index (χ0) is 92.5. The molecule has 16 heteroatoms. The predicted molar refractivity (Wildman–Crippen MR) is 561 cm³/mol. The molecule has 16 rings (SSSR count). The number of aryl methyl sites for hydroxylation is 8. The van der Waals surface area contributed by atoms with Crippen LogP contribution in [0.1, 0.15) is 326 Å². The molecule has 6 aliphatic rings. The molecular formula is C116H118N8O2S6+2. The molecule has 0 bridgehead atoms. The van der Waals surface area contributed by atoms with E-state index in [0.717, 1.165) is 169 Å². The smallest absolute Gasteiger partial charge is 0.232 e. The van der Waals surface area contributed by atoms with E-state index in [2.05, 4.69) is 188 Å². The molecule has 10 aromatic rings. The molecule has 0 saturated heterocycles. The number of rotatable bonds is 38. The van der Waals surface area contributed by atoms with Gasteiger partial charge in [0.25, 0.3) is 0 Å². The van der Waals surface area contributed by atoms with Crippen LogP contribution in [0.4, 0.5) is 0 Å². The van der Waals surface area contributed by atoms with Crippen LogP contribution in [0.5, 0.6) is 0 Å². The number of Topliss-reactive ketones (excluding diaryl/α,β-unsaturated/α-hetero) is 2. The molecule has 0 aliphatic heterocycles. The van der Waals surface area contributed by atoms with Gasteiger partial charge in [-0.2, -0.15) is 21.0 Å². The number of nitrogens with one attached hydrogen (secondary N) is 1. The molecule has 2 atom stereocenters. The van der Waals surface area contributed by atoms with Crippen LogP contribution < -0.4 is 5.41 Å². The summed E-state index contributed by atoms with van der Waals surface area (Å²) >= 11 is 15.8. The largest absolute Gasteiger partial charge is 0.298 e. The lowest BCUT2D eigenvalue weighted by Gasteiger charge is -2.35. The summed E-state index contributed by atoms with van der Waals surface area (Å²) in [4.78, 5) is 36.0. The highest BCUT2D eigenvalue weighted by molar-refractivity contribution is 7.79. The van der Waals surface area contributed by atoms with Gasteiger partial charge in [-0.15, -0.1) is 45.3 Å². The number of nitriles is 4. The Morgan fingerprint density at radius 3 is 1.08 bits per heavy atom. The molecule has 0 saturated carbocycles. The Balaban J connectivity index is 1.02. The van der Waals surface area contributed by atoms with Gasteiger partial charge in [0.2, 0.25) is 5.71 Å². The van der Waals surface area contributed by atoms with E-state index in [0.29, 0.717) is 56.1 Å². The van der Waals surface area contributed by atoms with Gasteiger partial charge in [-0.3, -0.25) is 20.4 Å². The first-order chi connectivity index (χ1) is 64.4. The Kier molecular flexibility index (Phi) is 30.0. The van der Waals surface area contributed by atoms with Crippen LogP contribution in [0.15, 0.2) is 212 Å². The number of hydrogen-bond acceptors (Lipinski definition) is 14. The van der Waals surface area contributed by atoms with Crippen LogP contribution in [0.25, 0.3) is 51.2 Å². The van der Waals surface area contributed by atoms with Crippen molar-refractivity contribution < 1.29 is 15.0 Å². The number of ketones is 2. The maximum Gasteiger partial charge on any atom is 0.232 e. The second-order valence-electron chi connectivity index (χ2n) is 36.7. The van der Waals surface area contributed by atoms with E-state index in [1.807, 2.05) is 53.0 Å². The third-order valence-corrected chi connectivity index (χ3v) is 33.3. The van der Waals surface area contributed by atoms with Crippen LogP contribution >= 0.6 is 58.2 Å². The zero-order valence-corrected chi connectivity index (χ0v) is 82.7. The summed E-state index contributed by atoms with van der Waals surface area (Å²) in [6, 6.07) is 58.2. The molecule has 10 nitrogen and oxygen atoms in total. The number of fused-ring (bicyclic) bond motifs is 11. The van der Waals surface area contributed by atoms with E-state index >= 15 is 0 Å². The van der Waals surface area contributed by atoms with Crippen molar-refractivity contribution in [1.82, 2.24) is 0 Å². The molecule has 6 aromatic carbocycles. The van der Waals surface area contributed by atoms with E-state index in [-0.39, 0.29) is 50.7 Å². The highest BCUT2D eigenvalue weighted by Crippen LogP contribution is 2.71. The summed E-state index contributed by atoms with van der Waals surface area (Å²) in [5.41, 5.74) is 25.0. The number of unbranched alkanes of at least 4 members (excludes halogenated alkanes) is 18. The highest BCUT2D eigenvalue weighted by atomic mass is 32.1. The van der Waals surface area contributed by atoms with E-state index in [1.54, 1.807) is 71.2 Å². The number of carbonyl (C=O) groups is 2. The van der Waals surface area contributed by atoms with Crippen molar-refractivity contribution in [3.05, 3.63) is 324 Å². The molecule has 3 N–H and O–H groups in total. The average Bonchev–Trinajstić information content (AvgIpc) is 1.48. The van der Waals surface area contributed by atoms with Crippen molar-refractivity contribution in [2.24, 2.45) is 8.80 Å². The van der Waals surface area contributed by atoms with Gasteiger partial charge in [0.15, 0.2) is 11.6 Å². The maximum absolute atomic E-state index is 14.6. The second-order valence-corrected chi connectivity index (χ2v) is 41.3. The van der Waals surface area contributed by atoms with Gasteiger partial charge < -0.3 is 0 Å². The number of nitrogens with zero attached hydrogens (tertiary/aromatic N) is 6. The zero-order valence-electron chi connectivity index (χ0n) is 77.5. The van der Waals surface area contributed by atoms with Crippen LogP contribution in [0.3, 0.4) is 0 Å². The van der Waals surface area contributed by atoms with Gasteiger partial charge in [0.1, 0.15) is 46.8 Å². The lowest BCUT2D eigenvalue weighted by atomic mass is 9.65. The third kappa shape index (κ3) is 17.8. The van der Waals surface area contributed by atoms with Crippen LogP contribution in [-0.2, 0) is 62.2 Å². The van der Waals surface area contributed by atoms with Crippen LogP contribution in [-0.4, -0.2) is 34.4 Å². The SMILES string of the molecule is CCCCCCc1cc(C)cc(C2(c3cc(CCCCCC)cc(CCCCCC)c3)c3cc(C4=CC=C(/C=C5\C(=O)c6ccccc6C5=C(C#N)C#N)C(=N[SH2+])C4=N)sc3-c3sc4c5c(sc4c32)-c2sc(C3=CC=C(/C=C4\C(=O)c6ccccc6C4=C(C#N)C#N)C(=NS)C3=[NH2+])cc2C5(c2cc(C)cc(CCCCCC)c2)c2cc(CCCCCC)cc(CCCCCC)c2)c1. The summed E-state index contributed by atoms with van der Waals surface area (Å²) in [6.07, 6.45) is 44.3.